The zero-order valence-electron chi connectivity index (χ0n) is 17.5. The van der Waals surface area contributed by atoms with E-state index < -0.39 is 17.6 Å². The quantitative estimate of drug-likeness (QED) is 0.569. The number of ether oxygens (including phenoxy) is 1. The first-order valence-corrected chi connectivity index (χ1v) is 9.87. The molecule has 7 nitrogen and oxygen atoms in total. The second kappa shape index (κ2) is 9.18. The Labute approximate surface area is 184 Å². The summed E-state index contributed by atoms with van der Waals surface area (Å²) in [6, 6.07) is 10.2. The summed E-state index contributed by atoms with van der Waals surface area (Å²) in [6.07, 6.45) is 0. The molecule has 0 fully saturated rings. The molecule has 0 aliphatic heterocycles. The maximum atomic E-state index is 14.1. The van der Waals surface area contributed by atoms with Gasteiger partial charge in [0, 0.05) is 23.5 Å². The Morgan fingerprint density at radius 2 is 1.84 bits per heavy atom. The number of methoxy groups -OCH3 is 1. The smallest absolute Gasteiger partial charge is 0.276 e. The molecule has 0 atom stereocenters. The summed E-state index contributed by atoms with van der Waals surface area (Å²) in [7, 11) is 3.22. The van der Waals surface area contributed by atoms with Gasteiger partial charge >= 0.3 is 0 Å². The summed E-state index contributed by atoms with van der Waals surface area (Å²) in [5, 5.41) is 9.78. The minimum atomic E-state index is -0.746. The normalized spacial score (nSPS) is 10.8. The first-order chi connectivity index (χ1) is 14.7. The fraction of sp³-hybridized carbons (Fsp3) is 0.227. The lowest BCUT2D eigenvalue weighted by Crippen LogP contribution is -2.16. The van der Waals surface area contributed by atoms with Crippen molar-refractivity contribution in [2.75, 3.05) is 17.7 Å². The van der Waals surface area contributed by atoms with Crippen LogP contribution in [0.2, 0.25) is 5.02 Å². The monoisotopic (exact) mass is 444 g/mol. The first-order valence-electron chi connectivity index (χ1n) is 9.49. The maximum absolute atomic E-state index is 14.1. The van der Waals surface area contributed by atoms with Gasteiger partial charge < -0.3 is 15.4 Å². The van der Waals surface area contributed by atoms with Crippen LogP contribution in [0.1, 0.15) is 46.3 Å². The summed E-state index contributed by atoms with van der Waals surface area (Å²) < 4.78 is 21.0. The summed E-state index contributed by atoms with van der Waals surface area (Å²) in [6.45, 7) is 4.03. The topological polar surface area (TPSA) is 85.2 Å². The Hall–Kier alpha value is -3.39. The molecule has 2 N–H and O–H groups in total. The number of carbonyl (C=O) groups is 2. The Morgan fingerprint density at radius 3 is 2.45 bits per heavy atom. The van der Waals surface area contributed by atoms with Crippen molar-refractivity contribution in [3.05, 3.63) is 70.3 Å². The van der Waals surface area contributed by atoms with Gasteiger partial charge in [-0.1, -0.05) is 25.4 Å². The van der Waals surface area contributed by atoms with Crippen molar-refractivity contribution >= 4 is 34.8 Å². The van der Waals surface area contributed by atoms with E-state index in [-0.39, 0.29) is 27.9 Å². The number of hydrogen-bond donors (Lipinski definition) is 2. The van der Waals surface area contributed by atoms with Crippen molar-refractivity contribution in [3.63, 3.8) is 0 Å². The Morgan fingerprint density at radius 1 is 1.10 bits per heavy atom. The molecule has 0 saturated carbocycles. The number of nitrogens with one attached hydrogen (secondary N) is 2. The minimum absolute atomic E-state index is 0.171. The number of aromatic nitrogens is 2. The molecule has 2 aromatic carbocycles. The van der Waals surface area contributed by atoms with Gasteiger partial charge in [-0.05, 0) is 48.4 Å². The molecule has 0 aliphatic carbocycles. The van der Waals surface area contributed by atoms with E-state index in [4.69, 9.17) is 16.3 Å². The molecule has 0 bridgehead atoms. The fourth-order valence-corrected chi connectivity index (χ4v) is 3.23. The third-order valence-corrected chi connectivity index (χ3v) is 4.86. The van der Waals surface area contributed by atoms with Crippen LogP contribution in [0.25, 0.3) is 0 Å². The molecule has 0 spiro atoms. The fourth-order valence-electron chi connectivity index (χ4n) is 3.07. The number of amides is 2. The van der Waals surface area contributed by atoms with Crippen LogP contribution in [0.15, 0.2) is 42.5 Å². The van der Waals surface area contributed by atoms with Crippen molar-refractivity contribution < 1.29 is 18.7 Å². The Kier molecular flexibility index (Phi) is 6.60. The second-order valence-corrected chi connectivity index (χ2v) is 7.62. The van der Waals surface area contributed by atoms with E-state index in [0.717, 1.165) is 11.8 Å². The van der Waals surface area contributed by atoms with Gasteiger partial charge in [-0.3, -0.25) is 14.3 Å². The van der Waals surface area contributed by atoms with Crippen LogP contribution in [-0.4, -0.2) is 28.7 Å². The average molecular weight is 445 g/mol. The molecule has 31 heavy (non-hydrogen) atoms. The van der Waals surface area contributed by atoms with Crippen LogP contribution in [0.4, 0.5) is 15.8 Å². The first kappa shape index (κ1) is 22.3. The van der Waals surface area contributed by atoms with Crippen molar-refractivity contribution in [2.45, 2.75) is 19.8 Å². The Balaban J connectivity index is 1.82. The van der Waals surface area contributed by atoms with Gasteiger partial charge in [-0.25, -0.2) is 4.39 Å². The predicted octanol–water partition coefficient (Wildman–Crippen LogP) is 4.85. The summed E-state index contributed by atoms with van der Waals surface area (Å²) >= 11 is 5.74. The molecule has 3 aromatic rings. The molecule has 3 rings (SSSR count). The van der Waals surface area contributed by atoms with Crippen molar-refractivity contribution in [3.8, 4) is 5.75 Å². The molecule has 0 saturated heterocycles. The van der Waals surface area contributed by atoms with Gasteiger partial charge in [-0.2, -0.15) is 5.10 Å². The molecular formula is C22H22ClFN4O3. The molecular weight excluding hydrogens is 423 g/mol. The molecule has 2 amide bonds. The minimum Gasteiger partial charge on any atom is -0.495 e. The molecule has 1 heterocycles. The van der Waals surface area contributed by atoms with E-state index in [2.05, 4.69) is 15.7 Å². The molecule has 1 aromatic heterocycles. The van der Waals surface area contributed by atoms with Gasteiger partial charge in [0.15, 0.2) is 5.69 Å². The van der Waals surface area contributed by atoms with E-state index in [1.54, 1.807) is 29.9 Å². The van der Waals surface area contributed by atoms with Crippen LogP contribution in [0.3, 0.4) is 0 Å². The van der Waals surface area contributed by atoms with E-state index in [0.29, 0.717) is 11.4 Å². The SMILES string of the molecule is COc1ccc(NC(=O)c2cc(C(C)C)n(C)n2)cc1NC(=O)c1ccc(Cl)cc1F. The molecule has 0 unspecified atom stereocenters. The lowest BCUT2D eigenvalue weighted by Gasteiger charge is -2.13. The average Bonchev–Trinajstić information content (AvgIpc) is 3.10. The number of nitrogens with zero attached hydrogens (tertiary/aromatic N) is 2. The highest BCUT2D eigenvalue weighted by atomic mass is 35.5. The predicted molar refractivity (Wildman–Crippen MR) is 118 cm³/mol. The van der Waals surface area contributed by atoms with Gasteiger partial charge in [-0.15, -0.1) is 0 Å². The highest BCUT2D eigenvalue weighted by molar-refractivity contribution is 6.30. The number of benzene rings is 2. The number of anilines is 2. The highest BCUT2D eigenvalue weighted by Crippen LogP contribution is 2.29. The second-order valence-electron chi connectivity index (χ2n) is 7.18. The maximum Gasteiger partial charge on any atom is 0.276 e. The molecule has 0 radical (unpaired) electrons. The van der Waals surface area contributed by atoms with Crippen LogP contribution < -0.4 is 15.4 Å². The van der Waals surface area contributed by atoms with Gasteiger partial charge in [0.2, 0.25) is 0 Å². The lowest BCUT2D eigenvalue weighted by atomic mass is 10.1. The third-order valence-electron chi connectivity index (χ3n) is 4.62. The van der Waals surface area contributed by atoms with Gasteiger partial charge in [0.25, 0.3) is 11.8 Å². The van der Waals surface area contributed by atoms with Gasteiger partial charge in [0.1, 0.15) is 11.6 Å². The number of aryl methyl sites for hydroxylation is 1. The van der Waals surface area contributed by atoms with Crippen LogP contribution in [-0.2, 0) is 7.05 Å². The zero-order valence-corrected chi connectivity index (χ0v) is 18.2. The van der Waals surface area contributed by atoms with E-state index in [9.17, 15) is 14.0 Å². The van der Waals surface area contributed by atoms with Crippen molar-refractivity contribution in [1.82, 2.24) is 9.78 Å². The van der Waals surface area contributed by atoms with E-state index in [1.807, 2.05) is 13.8 Å². The molecule has 0 aliphatic rings. The van der Waals surface area contributed by atoms with Crippen LogP contribution in [0, 0.1) is 5.82 Å². The number of hydrogen-bond acceptors (Lipinski definition) is 4. The highest BCUT2D eigenvalue weighted by Gasteiger charge is 2.17. The number of rotatable bonds is 6. The largest absolute Gasteiger partial charge is 0.495 e. The van der Waals surface area contributed by atoms with Crippen molar-refractivity contribution in [2.24, 2.45) is 7.05 Å². The standard InChI is InChI=1S/C22H22ClFN4O3/c1-12(2)19-11-18(27-28(19)3)22(30)25-14-6-8-20(31-4)17(10-14)26-21(29)15-7-5-13(23)9-16(15)24/h5-12H,1-4H3,(H,25,30)(H,26,29). The van der Waals surface area contributed by atoms with Crippen LogP contribution >= 0.6 is 11.6 Å². The summed E-state index contributed by atoms with van der Waals surface area (Å²) in [4.78, 5) is 25.1. The summed E-state index contributed by atoms with van der Waals surface area (Å²) in [5.74, 6) is -1.25. The zero-order chi connectivity index (χ0) is 22.7. The molecule has 162 valence electrons. The van der Waals surface area contributed by atoms with E-state index >= 15 is 0 Å². The van der Waals surface area contributed by atoms with Crippen LogP contribution in [0.5, 0.6) is 5.75 Å². The van der Waals surface area contributed by atoms with Gasteiger partial charge in [0.05, 0.1) is 18.4 Å². The molecule has 9 heteroatoms. The number of carbonyl (C=O) groups excluding carboxylic acids is 2. The third kappa shape index (κ3) is 5.03. The number of halogens is 2. The van der Waals surface area contributed by atoms with Crippen molar-refractivity contribution in [1.29, 1.82) is 0 Å². The summed E-state index contributed by atoms with van der Waals surface area (Å²) in [5.41, 5.74) is 1.71. The lowest BCUT2D eigenvalue weighted by molar-refractivity contribution is 0.101. The van der Waals surface area contributed by atoms with E-state index in [1.165, 1.54) is 25.3 Å². The Bertz CT molecular complexity index is 1140.